The quantitative estimate of drug-likeness (QED) is 0.778. The molecule has 23 heavy (non-hydrogen) atoms. The molecule has 1 amide bonds. The Morgan fingerprint density at radius 3 is 2.52 bits per heavy atom. The van der Waals surface area contributed by atoms with Crippen LogP contribution in [0.2, 0.25) is 15.1 Å². The minimum Gasteiger partial charge on any atom is -0.351 e. The van der Waals surface area contributed by atoms with Crippen LogP contribution in [-0.4, -0.2) is 12.5 Å². The zero-order valence-corrected chi connectivity index (χ0v) is 14.8. The van der Waals surface area contributed by atoms with Gasteiger partial charge in [0.05, 0.1) is 6.54 Å². The van der Waals surface area contributed by atoms with Crippen LogP contribution >= 0.6 is 34.8 Å². The molecule has 0 radical (unpaired) electrons. The fraction of sp³-hybridized carbons (Fsp3) is 0.235. The second-order valence-corrected chi connectivity index (χ2v) is 6.39. The van der Waals surface area contributed by atoms with Gasteiger partial charge in [-0.25, -0.2) is 0 Å². The van der Waals surface area contributed by atoms with Crippen LogP contribution < -0.4 is 10.6 Å². The van der Waals surface area contributed by atoms with E-state index in [1.54, 1.807) is 18.2 Å². The monoisotopic (exact) mass is 370 g/mol. The van der Waals surface area contributed by atoms with E-state index in [2.05, 4.69) is 10.6 Å². The maximum absolute atomic E-state index is 11.9. The van der Waals surface area contributed by atoms with E-state index in [4.69, 9.17) is 34.8 Å². The van der Waals surface area contributed by atoms with Crippen LogP contribution in [-0.2, 0) is 11.3 Å². The third-order valence-electron chi connectivity index (χ3n) is 3.43. The Morgan fingerprint density at radius 2 is 1.83 bits per heavy atom. The van der Waals surface area contributed by atoms with Crippen LogP contribution in [0.4, 0.5) is 0 Å². The van der Waals surface area contributed by atoms with Gasteiger partial charge in [0.25, 0.3) is 0 Å². The summed E-state index contributed by atoms with van der Waals surface area (Å²) < 4.78 is 0. The van der Waals surface area contributed by atoms with E-state index in [0.29, 0.717) is 21.6 Å². The highest BCUT2D eigenvalue weighted by atomic mass is 35.5. The zero-order chi connectivity index (χ0) is 16.8. The van der Waals surface area contributed by atoms with Gasteiger partial charge < -0.3 is 10.6 Å². The molecule has 0 spiro atoms. The van der Waals surface area contributed by atoms with Crippen LogP contribution in [0, 0.1) is 0 Å². The lowest BCUT2D eigenvalue weighted by Crippen LogP contribution is -2.34. The van der Waals surface area contributed by atoms with Gasteiger partial charge in [0.15, 0.2) is 0 Å². The first-order valence-electron chi connectivity index (χ1n) is 7.16. The second kappa shape index (κ2) is 8.55. The molecule has 0 saturated carbocycles. The van der Waals surface area contributed by atoms with E-state index < -0.39 is 0 Å². The Balaban J connectivity index is 1.83. The minimum absolute atomic E-state index is 0.0640. The van der Waals surface area contributed by atoms with Crippen molar-refractivity contribution in [3.05, 3.63) is 68.7 Å². The van der Waals surface area contributed by atoms with E-state index in [0.717, 1.165) is 11.1 Å². The summed E-state index contributed by atoms with van der Waals surface area (Å²) in [7, 11) is 0. The molecule has 122 valence electrons. The number of rotatable bonds is 6. The maximum atomic E-state index is 11.9. The molecule has 0 fully saturated rings. The number of benzene rings is 2. The van der Waals surface area contributed by atoms with Crippen molar-refractivity contribution in [2.45, 2.75) is 19.5 Å². The number of halogens is 3. The van der Waals surface area contributed by atoms with Crippen molar-refractivity contribution in [2.75, 3.05) is 6.54 Å². The molecular weight excluding hydrogens is 355 g/mol. The van der Waals surface area contributed by atoms with Crippen molar-refractivity contribution in [3.8, 4) is 0 Å². The number of hydrogen-bond donors (Lipinski definition) is 2. The first-order chi connectivity index (χ1) is 11.0. The zero-order valence-electron chi connectivity index (χ0n) is 12.6. The van der Waals surface area contributed by atoms with Gasteiger partial charge in [-0.05, 0) is 36.2 Å². The van der Waals surface area contributed by atoms with Crippen molar-refractivity contribution < 1.29 is 4.79 Å². The molecule has 2 aromatic carbocycles. The Hall–Kier alpha value is -1.26. The third kappa shape index (κ3) is 5.40. The highest BCUT2D eigenvalue weighted by Crippen LogP contribution is 2.25. The molecule has 1 atom stereocenters. The highest BCUT2D eigenvalue weighted by molar-refractivity contribution is 6.35. The topological polar surface area (TPSA) is 41.1 Å². The van der Waals surface area contributed by atoms with E-state index in [1.807, 2.05) is 31.2 Å². The second-order valence-electron chi connectivity index (χ2n) is 5.14. The molecule has 3 nitrogen and oxygen atoms in total. The van der Waals surface area contributed by atoms with Crippen LogP contribution in [0.3, 0.4) is 0 Å². The van der Waals surface area contributed by atoms with Gasteiger partial charge in [-0.15, -0.1) is 0 Å². The Kier molecular flexibility index (Phi) is 6.72. The lowest BCUT2D eigenvalue weighted by atomic mass is 10.1. The van der Waals surface area contributed by atoms with Gasteiger partial charge >= 0.3 is 0 Å². The molecule has 2 aromatic rings. The molecule has 0 aliphatic carbocycles. The van der Waals surface area contributed by atoms with Crippen LogP contribution in [0.1, 0.15) is 24.1 Å². The average Bonchev–Trinajstić information content (AvgIpc) is 2.52. The normalized spacial score (nSPS) is 12.0. The van der Waals surface area contributed by atoms with Gasteiger partial charge in [-0.1, -0.05) is 59.1 Å². The lowest BCUT2D eigenvalue weighted by Gasteiger charge is -2.16. The standard InChI is InChI=1S/C17H17Cl3N2O/c1-11(14-7-6-13(18)8-16(14)20)21-10-17(23)22-9-12-4-2-3-5-15(12)19/h2-8,11,21H,9-10H2,1H3,(H,22,23)/t11-/m0/s1. The first-order valence-corrected chi connectivity index (χ1v) is 8.29. The van der Waals surface area contributed by atoms with Crippen molar-refractivity contribution in [1.29, 1.82) is 0 Å². The molecule has 2 N–H and O–H groups in total. The van der Waals surface area contributed by atoms with E-state index in [-0.39, 0.29) is 18.5 Å². The molecule has 0 unspecified atom stereocenters. The summed E-state index contributed by atoms with van der Waals surface area (Å²) in [5.74, 6) is -0.109. The van der Waals surface area contributed by atoms with E-state index in [9.17, 15) is 4.79 Å². The molecule has 2 rings (SSSR count). The van der Waals surface area contributed by atoms with Crippen LogP contribution in [0.25, 0.3) is 0 Å². The summed E-state index contributed by atoms with van der Waals surface area (Å²) in [4.78, 5) is 11.9. The summed E-state index contributed by atoms with van der Waals surface area (Å²) in [6.45, 7) is 2.53. The van der Waals surface area contributed by atoms with E-state index in [1.165, 1.54) is 0 Å². The molecule has 0 aromatic heterocycles. The van der Waals surface area contributed by atoms with Crippen molar-refractivity contribution >= 4 is 40.7 Å². The summed E-state index contributed by atoms with van der Waals surface area (Å²) in [5.41, 5.74) is 1.78. The molecule has 0 aliphatic heterocycles. The summed E-state index contributed by atoms with van der Waals surface area (Å²) >= 11 is 18.1. The number of nitrogens with one attached hydrogen (secondary N) is 2. The van der Waals surface area contributed by atoms with Crippen molar-refractivity contribution in [2.24, 2.45) is 0 Å². The summed E-state index contributed by atoms with van der Waals surface area (Å²) in [6.07, 6.45) is 0. The molecule has 6 heteroatoms. The Bertz CT molecular complexity index is 691. The van der Waals surface area contributed by atoms with Crippen LogP contribution in [0.5, 0.6) is 0 Å². The molecular formula is C17H17Cl3N2O. The van der Waals surface area contributed by atoms with Gasteiger partial charge in [0.2, 0.25) is 5.91 Å². The van der Waals surface area contributed by atoms with E-state index >= 15 is 0 Å². The van der Waals surface area contributed by atoms with Gasteiger partial charge in [0, 0.05) is 27.7 Å². The smallest absolute Gasteiger partial charge is 0.234 e. The number of carbonyl (C=O) groups is 1. The highest BCUT2D eigenvalue weighted by Gasteiger charge is 2.11. The Morgan fingerprint density at radius 1 is 1.09 bits per heavy atom. The fourth-order valence-electron chi connectivity index (χ4n) is 2.11. The third-order valence-corrected chi connectivity index (χ3v) is 4.36. The van der Waals surface area contributed by atoms with Crippen molar-refractivity contribution in [1.82, 2.24) is 10.6 Å². The van der Waals surface area contributed by atoms with Gasteiger partial charge in [-0.3, -0.25) is 4.79 Å². The largest absolute Gasteiger partial charge is 0.351 e. The maximum Gasteiger partial charge on any atom is 0.234 e. The Labute approximate surface area is 150 Å². The lowest BCUT2D eigenvalue weighted by molar-refractivity contribution is -0.120. The SMILES string of the molecule is C[C@H](NCC(=O)NCc1ccccc1Cl)c1ccc(Cl)cc1Cl. The average molecular weight is 372 g/mol. The first kappa shape index (κ1) is 18.1. The predicted molar refractivity (Wildman–Crippen MR) is 96.2 cm³/mol. The predicted octanol–water partition coefficient (Wildman–Crippen LogP) is 4.61. The van der Waals surface area contributed by atoms with Crippen molar-refractivity contribution in [3.63, 3.8) is 0 Å². The van der Waals surface area contributed by atoms with Crippen LogP contribution in [0.15, 0.2) is 42.5 Å². The van der Waals surface area contributed by atoms with Gasteiger partial charge in [0.1, 0.15) is 0 Å². The molecule has 0 aliphatic rings. The number of amides is 1. The van der Waals surface area contributed by atoms with Gasteiger partial charge in [-0.2, -0.15) is 0 Å². The number of carbonyl (C=O) groups excluding carboxylic acids is 1. The summed E-state index contributed by atoms with van der Waals surface area (Å²) in [5, 5.41) is 7.77. The fourth-order valence-corrected chi connectivity index (χ4v) is 2.88. The minimum atomic E-state index is -0.109. The summed E-state index contributed by atoms with van der Waals surface area (Å²) in [6, 6.07) is 12.7. The molecule has 0 heterocycles. The molecule has 0 saturated heterocycles. The number of hydrogen-bond acceptors (Lipinski definition) is 2. The molecule has 0 bridgehead atoms.